The molecule has 0 aliphatic heterocycles. The molecule has 0 saturated heterocycles. The summed E-state index contributed by atoms with van der Waals surface area (Å²) in [5.74, 6) is 0.477. The second-order valence-electron chi connectivity index (χ2n) is 5.34. The predicted molar refractivity (Wildman–Crippen MR) is 72.1 cm³/mol. The maximum atomic E-state index is 10.1. The summed E-state index contributed by atoms with van der Waals surface area (Å²) in [6.07, 6.45) is 8.04. The highest BCUT2D eigenvalue weighted by Gasteiger charge is 2.21. The SMILES string of the molecule is CCc1ccc(CC2CCCCCC2O)cc1. The van der Waals surface area contributed by atoms with Crippen molar-refractivity contribution in [2.45, 2.75) is 58.0 Å². The van der Waals surface area contributed by atoms with Gasteiger partial charge in [0.15, 0.2) is 0 Å². The van der Waals surface area contributed by atoms with E-state index < -0.39 is 0 Å². The molecule has 0 aromatic heterocycles. The number of aliphatic hydroxyl groups is 1. The van der Waals surface area contributed by atoms with Gasteiger partial charge >= 0.3 is 0 Å². The maximum Gasteiger partial charge on any atom is 0.0571 e. The molecule has 1 fully saturated rings. The average molecular weight is 232 g/mol. The van der Waals surface area contributed by atoms with Crippen molar-refractivity contribution in [3.8, 4) is 0 Å². The molecule has 1 aromatic carbocycles. The molecule has 2 atom stereocenters. The highest BCUT2D eigenvalue weighted by molar-refractivity contribution is 5.23. The molecule has 0 radical (unpaired) electrons. The quantitative estimate of drug-likeness (QED) is 0.787. The van der Waals surface area contributed by atoms with Crippen LogP contribution in [0, 0.1) is 5.92 Å². The van der Waals surface area contributed by atoms with Crippen molar-refractivity contribution in [3.63, 3.8) is 0 Å². The van der Waals surface area contributed by atoms with E-state index in [9.17, 15) is 5.11 Å². The van der Waals surface area contributed by atoms with Crippen LogP contribution in [0.25, 0.3) is 0 Å². The Morgan fingerprint density at radius 3 is 2.35 bits per heavy atom. The third-order valence-electron chi connectivity index (χ3n) is 4.05. The van der Waals surface area contributed by atoms with Crippen LogP contribution in [-0.4, -0.2) is 11.2 Å². The van der Waals surface area contributed by atoms with Gasteiger partial charge in [-0.05, 0) is 42.7 Å². The van der Waals surface area contributed by atoms with Gasteiger partial charge in [0.2, 0.25) is 0 Å². The molecule has 0 bridgehead atoms. The predicted octanol–water partition coefficient (Wildman–Crippen LogP) is 3.73. The van der Waals surface area contributed by atoms with E-state index >= 15 is 0 Å². The highest BCUT2D eigenvalue weighted by atomic mass is 16.3. The van der Waals surface area contributed by atoms with E-state index in [4.69, 9.17) is 0 Å². The van der Waals surface area contributed by atoms with E-state index in [0.717, 1.165) is 19.3 Å². The Balaban J connectivity index is 1.98. The van der Waals surface area contributed by atoms with Gasteiger partial charge in [0.1, 0.15) is 0 Å². The topological polar surface area (TPSA) is 20.2 Å². The van der Waals surface area contributed by atoms with E-state index in [0.29, 0.717) is 5.92 Å². The first-order valence-corrected chi connectivity index (χ1v) is 7.05. The summed E-state index contributed by atoms with van der Waals surface area (Å²) in [7, 11) is 0. The summed E-state index contributed by atoms with van der Waals surface area (Å²) in [6, 6.07) is 8.91. The van der Waals surface area contributed by atoms with Crippen molar-refractivity contribution >= 4 is 0 Å². The van der Waals surface area contributed by atoms with Gasteiger partial charge in [-0.15, -0.1) is 0 Å². The van der Waals surface area contributed by atoms with Crippen LogP contribution in [0.15, 0.2) is 24.3 Å². The van der Waals surface area contributed by atoms with Gasteiger partial charge in [0.05, 0.1) is 6.10 Å². The van der Waals surface area contributed by atoms with E-state index in [1.807, 2.05) is 0 Å². The summed E-state index contributed by atoms with van der Waals surface area (Å²) in [5.41, 5.74) is 2.78. The van der Waals surface area contributed by atoms with Crippen LogP contribution in [0.3, 0.4) is 0 Å². The van der Waals surface area contributed by atoms with Crippen LogP contribution in [0.4, 0.5) is 0 Å². The molecule has 2 unspecified atom stereocenters. The van der Waals surface area contributed by atoms with Crippen molar-refractivity contribution in [2.24, 2.45) is 5.92 Å². The largest absolute Gasteiger partial charge is 0.393 e. The lowest BCUT2D eigenvalue weighted by atomic mass is 9.90. The minimum Gasteiger partial charge on any atom is -0.393 e. The van der Waals surface area contributed by atoms with E-state index in [1.165, 1.54) is 36.8 Å². The molecule has 1 saturated carbocycles. The fraction of sp³-hybridized carbons (Fsp3) is 0.625. The molecule has 0 heterocycles. The third-order valence-corrected chi connectivity index (χ3v) is 4.05. The number of benzene rings is 1. The molecule has 1 aliphatic carbocycles. The monoisotopic (exact) mass is 232 g/mol. The molecule has 1 aromatic rings. The number of aliphatic hydroxyl groups excluding tert-OH is 1. The Morgan fingerprint density at radius 2 is 1.65 bits per heavy atom. The molecule has 1 heteroatoms. The lowest BCUT2D eigenvalue weighted by Crippen LogP contribution is -2.20. The van der Waals surface area contributed by atoms with Gasteiger partial charge in [0.25, 0.3) is 0 Å². The lowest BCUT2D eigenvalue weighted by Gasteiger charge is -2.20. The molecule has 0 amide bonds. The number of aryl methyl sites for hydroxylation is 1. The van der Waals surface area contributed by atoms with Gasteiger partial charge in [-0.25, -0.2) is 0 Å². The molecule has 1 aliphatic rings. The van der Waals surface area contributed by atoms with Crippen LogP contribution in [0.2, 0.25) is 0 Å². The zero-order valence-electron chi connectivity index (χ0n) is 10.9. The van der Waals surface area contributed by atoms with E-state index in [2.05, 4.69) is 31.2 Å². The Morgan fingerprint density at radius 1 is 1.00 bits per heavy atom. The average Bonchev–Trinajstić information content (AvgIpc) is 2.56. The molecule has 0 spiro atoms. The Kier molecular flexibility index (Phi) is 4.61. The number of hydrogen-bond donors (Lipinski definition) is 1. The van der Waals surface area contributed by atoms with Gasteiger partial charge in [-0.3, -0.25) is 0 Å². The van der Waals surface area contributed by atoms with Crippen molar-refractivity contribution < 1.29 is 5.11 Å². The van der Waals surface area contributed by atoms with Crippen LogP contribution < -0.4 is 0 Å². The van der Waals surface area contributed by atoms with Crippen LogP contribution in [0.5, 0.6) is 0 Å². The first-order valence-electron chi connectivity index (χ1n) is 7.05. The first-order chi connectivity index (χ1) is 8.29. The van der Waals surface area contributed by atoms with Gasteiger partial charge in [0, 0.05) is 0 Å². The Hall–Kier alpha value is -0.820. The number of rotatable bonds is 3. The minimum atomic E-state index is -0.0802. The summed E-state index contributed by atoms with van der Waals surface area (Å²) in [4.78, 5) is 0. The van der Waals surface area contributed by atoms with E-state index in [-0.39, 0.29) is 6.10 Å². The second kappa shape index (κ2) is 6.20. The summed E-state index contributed by atoms with van der Waals surface area (Å²) >= 11 is 0. The van der Waals surface area contributed by atoms with Crippen molar-refractivity contribution in [3.05, 3.63) is 35.4 Å². The second-order valence-corrected chi connectivity index (χ2v) is 5.34. The zero-order valence-corrected chi connectivity index (χ0v) is 10.9. The highest BCUT2D eigenvalue weighted by Crippen LogP contribution is 2.26. The molecular weight excluding hydrogens is 208 g/mol. The summed E-state index contributed by atoms with van der Waals surface area (Å²) < 4.78 is 0. The van der Waals surface area contributed by atoms with Crippen molar-refractivity contribution in [2.75, 3.05) is 0 Å². The van der Waals surface area contributed by atoms with Gasteiger partial charge in [-0.2, -0.15) is 0 Å². The molecule has 2 rings (SSSR count). The summed E-state index contributed by atoms with van der Waals surface area (Å²) in [5, 5.41) is 10.1. The van der Waals surface area contributed by atoms with Gasteiger partial charge < -0.3 is 5.11 Å². The molecule has 94 valence electrons. The molecule has 1 nitrogen and oxygen atoms in total. The summed E-state index contributed by atoms with van der Waals surface area (Å²) in [6.45, 7) is 2.18. The fourth-order valence-corrected chi connectivity index (χ4v) is 2.82. The third kappa shape index (κ3) is 3.57. The Bertz CT molecular complexity index is 328. The van der Waals surface area contributed by atoms with Crippen LogP contribution in [-0.2, 0) is 12.8 Å². The van der Waals surface area contributed by atoms with Gasteiger partial charge in [-0.1, -0.05) is 50.5 Å². The van der Waals surface area contributed by atoms with Crippen LogP contribution in [0.1, 0.15) is 50.2 Å². The molecule has 1 N–H and O–H groups in total. The van der Waals surface area contributed by atoms with Crippen LogP contribution >= 0.6 is 0 Å². The smallest absolute Gasteiger partial charge is 0.0571 e. The van der Waals surface area contributed by atoms with Crippen molar-refractivity contribution in [1.82, 2.24) is 0 Å². The van der Waals surface area contributed by atoms with Crippen molar-refractivity contribution in [1.29, 1.82) is 0 Å². The first kappa shape index (κ1) is 12.6. The normalized spacial score (nSPS) is 25.5. The van der Waals surface area contributed by atoms with E-state index in [1.54, 1.807) is 0 Å². The lowest BCUT2D eigenvalue weighted by molar-refractivity contribution is 0.101. The maximum absolute atomic E-state index is 10.1. The minimum absolute atomic E-state index is 0.0802. The molecule has 17 heavy (non-hydrogen) atoms. The molecular formula is C16H24O. The standard InChI is InChI=1S/C16H24O/c1-2-13-8-10-14(11-9-13)12-15-6-4-3-5-7-16(15)17/h8-11,15-17H,2-7,12H2,1H3. The fourth-order valence-electron chi connectivity index (χ4n) is 2.82. The number of hydrogen-bond acceptors (Lipinski definition) is 1. The Labute approximate surface area is 105 Å². The zero-order chi connectivity index (χ0) is 12.1.